The van der Waals surface area contributed by atoms with E-state index >= 15 is 0 Å². The molecule has 0 aromatic carbocycles. The lowest BCUT2D eigenvalue weighted by atomic mass is 10.0. The Labute approximate surface area is 85.6 Å². The predicted molar refractivity (Wildman–Crippen MR) is 55.0 cm³/mol. The van der Waals surface area contributed by atoms with Gasteiger partial charge in [0.25, 0.3) is 0 Å². The topological polar surface area (TPSA) is 47.3 Å². The van der Waals surface area contributed by atoms with Crippen molar-refractivity contribution in [3.63, 3.8) is 0 Å². The Morgan fingerprint density at radius 2 is 2.50 bits per heavy atom. The molecule has 0 radical (unpaired) electrons. The van der Waals surface area contributed by atoms with Gasteiger partial charge in [-0.25, -0.2) is 9.50 Å². The molecule has 1 unspecified atom stereocenters. The molecule has 0 aliphatic heterocycles. The van der Waals surface area contributed by atoms with Gasteiger partial charge < -0.3 is 0 Å². The Kier molecular flexibility index (Phi) is 2.33. The first kappa shape index (κ1) is 9.33. The lowest BCUT2D eigenvalue weighted by Gasteiger charge is -2.04. The summed E-state index contributed by atoms with van der Waals surface area (Å²) >= 11 is 1.45. The molecule has 0 N–H and O–H groups in total. The van der Waals surface area contributed by atoms with Gasteiger partial charge in [0.15, 0.2) is 6.29 Å². The first-order valence-corrected chi connectivity index (χ1v) is 5.43. The summed E-state index contributed by atoms with van der Waals surface area (Å²) in [6, 6.07) is 0. The highest BCUT2D eigenvalue weighted by atomic mass is 32.1. The molecule has 0 aliphatic rings. The Morgan fingerprint density at radius 1 is 1.71 bits per heavy atom. The molecule has 0 fully saturated rings. The van der Waals surface area contributed by atoms with Crippen molar-refractivity contribution in [2.45, 2.75) is 26.2 Å². The summed E-state index contributed by atoms with van der Waals surface area (Å²) in [5.74, 6) is 0.309. The summed E-state index contributed by atoms with van der Waals surface area (Å²) in [7, 11) is 0. The van der Waals surface area contributed by atoms with Crippen LogP contribution >= 0.6 is 11.3 Å². The van der Waals surface area contributed by atoms with E-state index in [0.717, 1.165) is 23.4 Å². The first-order valence-electron chi connectivity index (χ1n) is 4.55. The van der Waals surface area contributed by atoms with E-state index in [4.69, 9.17) is 0 Å². The van der Waals surface area contributed by atoms with E-state index in [2.05, 4.69) is 23.9 Å². The SMILES string of the molecule is CCC(C)c1nc2scnn2c1C=O. The van der Waals surface area contributed by atoms with Gasteiger partial charge in [-0.15, -0.1) is 0 Å². The minimum Gasteiger partial charge on any atom is -0.296 e. The lowest BCUT2D eigenvalue weighted by Crippen LogP contribution is -1.99. The first-order chi connectivity index (χ1) is 6.77. The standard InChI is InChI=1S/C9H11N3OS/c1-3-6(2)8-7(4-13)12-9(11-8)14-5-10-12/h4-6H,3H2,1-2H3. The van der Waals surface area contributed by atoms with Crippen molar-refractivity contribution >= 4 is 22.6 Å². The summed E-state index contributed by atoms with van der Waals surface area (Å²) in [6.45, 7) is 4.15. The number of hydrogen-bond donors (Lipinski definition) is 0. The van der Waals surface area contributed by atoms with Crippen molar-refractivity contribution in [2.75, 3.05) is 0 Å². The van der Waals surface area contributed by atoms with E-state index < -0.39 is 0 Å². The number of imidazole rings is 1. The van der Waals surface area contributed by atoms with Gasteiger partial charge in [0, 0.05) is 5.92 Å². The van der Waals surface area contributed by atoms with Crippen molar-refractivity contribution < 1.29 is 4.79 Å². The molecule has 2 heterocycles. The second-order valence-corrected chi connectivity index (χ2v) is 4.05. The molecular formula is C9H11N3OS. The summed E-state index contributed by atoms with van der Waals surface area (Å²) < 4.78 is 1.61. The Balaban J connectivity index is 2.63. The Hall–Kier alpha value is -1.23. The number of carbonyl (C=O) groups excluding carboxylic acids is 1. The molecule has 0 bridgehead atoms. The zero-order valence-electron chi connectivity index (χ0n) is 8.10. The fraction of sp³-hybridized carbons (Fsp3) is 0.444. The summed E-state index contributed by atoms with van der Waals surface area (Å²) in [5, 5.41) is 4.07. The number of hydrogen-bond acceptors (Lipinski definition) is 4. The van der Waals surface area contributed by atoms with Crippen LogP contribution in [0.2, 0.25) is 0 Å². The molecule has 2 aromatic heterocycles. The van der Waals surface area contributed by atoms with Crippen molar-refractivity contribution in [1.82, 2.24) is 14.6 Å². The van der Waals surface area contributed by atoms with Gasteiger partial charge in [-0.05, 0) is 6.42 Å². The third kappa shape index (κ3) is 1.24. The van der Waals surface area contributed by atoms with Crippen molar-refractivity contribution in [1.29, 1.82) is 0 Å². The molecule has 2 aromatic rings. The van der Waals surface area contributed by atoms with Crippen LogP contribution in [0, 0.1) is 0 Å². The van der Waals surface area contributed by atoms with E-state index in [1.54, 1.807) is 10.0 Å². The molecule has 2 rings (SSSR count). The van der Waals surface area contributed by atoms with Crippen molar-refractivity contribution in [3.05, 3.63) is 16.9 Å². The minimum atomic E-state index is 0.309. The van der Waals surface area contributed by atoms with Crippen LogP contribution in [0.3, 0.4) is 0 Å². The molecule has 0 saturated carbocycles. The van der Waals surface area contributed by atoms with Crippen LogP contribution in [0.25, 0.3) is 4.96 Å². The average molecular weight is 209 g/mol. The third-order valence-electron chi connectivity index (χ3n) is 2.40. The lowest BCUT2D eigenvalue weighted by molar-refractivity contribution is 0.111. The molecule has 0 aliphatic carbocycles. The van der Waals surface area contributed by atoms with Gasteiger partial charge >= 0.3 is 0 Å². The highest BCUT2D eigenvalue weighted by Crippen LogP contribution is 2.23. The molecule has 74 valence electrons. The van der Waals surface area contributed by atoms with Gasteiger partial charge in [0.1, 0.15) is 11.2 Å². The Bertz CT molecular complexity index is 460. The molecule has 1 atom stereocenters. The molecular weight excluding hydrogens is 198 g/mol. The summed E-state index contributed by atoms with van der Waals surface area (Å²) in [4.78, 5) is 16.1. The second kappa shape index (κ2) is 3.49. The van der Waals surface area contributed by atoms with Crippen LogP contribution in [-0.4, -0.2) is 20.9 Å². The highest BCUT2D eigenvalue weighted by molar-refractivity contribution is 7.14. The van der Waals surface area contributed by atoms with Crippen LogP contribution in [-0.2, 0) is 0 Å². The van der Waals surface area contributed by atoms with Crippen molar-refractivity contribution in [2.24, 2.45) is 0 Å². The largest absolute Gasteiger partial charge is 0.296 e. The van der Waals surface area contributed by atoms with E-state index in [1.807, 2.05) is 0 Å². The molecule has 14 heavy (non-hydrogen) atoms. The smallest absolute Gasteiger partial charge is 0.212 e. The maximum absolute atomic E-state index is 10.9. The van der Waals surface area contributed by atoms with Gasteiger partial charge in [-0.2, -0.15) is 5.10 Å². The van der Waals surface area contributed by atoms with Crippen LogP contribution in [0.1, 0.15) is 42.4 Å². The van der Waals surface area contributed by atoms with E-state index in [9.17, 15) is 4.79 Å². The van der Waals surface area contributed by atoms with Crippen LogP contribution in [0.15, 0.2) is 5.51 Å². The highest BCUT2D eigenvalue weighted by Gasteiger charge is 2.17. The summed E-state index contributed by atoms with van der Waals surface area (Å²) in [5.41, 5.74) is 3.15. The van der Waals surface area contributed by atoms with Crippen molar-refractivity contribution in [3.8, 4) is 0 Å². The van der Waals surface area contributed by atoms with Crippen LogP contribution < -0.4 is 0 Å². The van der Waals surface area contributed by atoms with Gasteiger partial charge in [0.05, 0.1) is 5.69 Å². The van der Waals surface area contributed by atoms with E-state index in [-0.39, 0.29) is 0 Å². The molecule has 4 nitrogen and oxygen atoms in total. The zero-order chi connectivity index (χ0) is 10.1. The Morgan fingerprint density at radius 3 is 3.14 bits per heavy atom. The van der Waals surface area contributed by atoms with Gasteiger partial charge in [0.2, 0.25) is 4.96 Å². The molecule has 0 saturated heterocycles. The number of carbonyl (C=O) groups is 1. The number of fused-ring (bicyclic) bond motifs is 1. The monoisotopic (exact) mass is 209 g/mol. The average Bonchev–Trinajstić information content (AvgIpc) is 2.74. The maximum Gasteiger partial charge on any atom is 0.212 e. The number of nitrogens with zero attached hydrogens (tertiary/aromatic N) is 3. The third-order valence-corrected chi connectivity index (χ3v) is 3.07. The predicted octanol–water partition coefficient (Wildman–Crippen LogP) is 2.12. The number of aldehydes is 1. The minimum absolute atomic E-state index is 0.309. The van der Waals surface area contributed by atoms with Gasteiger partial charge in [-0.3, -0.25) is 4.79 Å². The molecule has 5 heteroatoms. The molecule has 0 amide bonds. The van der Waals surface area contributed by atoms with E-state index in [1.165, 1.54) is 11.3 Å². The molecule has 0 spiro atoms. The maximum atomic E-state index is 10.9. The van der Waals surface area contributed by atoms with Gasteiger partial charge in [-0.1, -0.05) is 25.2 Å². The number of aromatic nitrogens is 3. The fourth-order valence-electron chi connectivity index (χ4n) is 1.39. The van der Waals surface area contributed by atoms with Crippen LogP contribution in [0.4, 0.5) is 0 Å². The summed E-state index contributed by atoms with van der Waals surface area (Å²) in [6.07, 6.45) is 1.81. The quantitative estimate of drug-likeness (QED) is 0.727. The van der Waals surface area contributed by atoms with E-state index in [0.29, 0.717) is 11.6 Å². The second-order valence-electron chi connectivity index (χ2n) is 3.24. The fourth-order valence-corrected chi connectivity index (χ4v) is 2.02. The number of rotatable bonds is 3. The zero-order valence-corrected chi connectivity index (χ0v) is 8.91. The normalized spacial score (nSPS) is 13.3. The van der Waals surface area contributed by atoms with Crippen LogP contribution in [0.5, 0.6) is 0 Å².